The van der Waals surface area contributed by atoms with Crippen molar-refractivity contribution in [2.24, 2.45) is 24.6 Å². The number of rotatable bonds is 8. The first kappa shape index (κ1) is 14.9. The summed E-state index contributed by atoms with van der Waals surface area (Å²) in [6.07, 6.45) is 6.60. The molecule has 4 heteroatoms. The highest BCUT2D eigenvalue weighted by Crippen LogP contribution is 2.16. The highest BCUT2D eigenvalue weighted by Gasteiger charge is 2.14. The van der Waals surface area contributed by atoms with Gasteiger partial charge in [-0.1, -0.05) is 13.8 Å². The summed E-state index contributed by atoms with van der Waals surface area (Å²) in [6.45, 7) is 4.94. The van der Waals surface area contributed by atoms with Crippen LogP contribution in [0.15, 0.2) is 12.4 Å². The smallest absolute Gasteiger partial charge is 0.133 e. The Morgan fingerprint density at radius 2 is 2.22 bits per heavy atom. The largest absolute Gasteiger partial charge is 0.338 e. The summed E-state index contributed by atoms with van der Waals surface area (Å²) in [4.78, 5) is 16.1. The third kappa shape index (κ3) is 5.00. The summed E-state index contributed by atoms with van der Waals surface area (Å²) in [5.41, 5.74) is 5.72. The van der Waals surface area contributed by atoms with Crippen molar-refractivity contribution in [3.63, 3.8) is 0 Å². The fraction of sp³-hybridized carbons (Fsp3) is 0.714. The summed E-state index contributed by atoms with van der Waals surface area (Å²) in [6, 6.07) is 0. The fourth-order valence-electron chi connectivity index (χ4n) is 2.24. The maximum atomic E-state index is 11.9. The van der Waals surface area contributed by atoms with Gasteiger partial charge in [0.05, 0.1) is 0 Å². The predicted molar refractivity (Wildman–Crippen MR) is 73.2 cm³/mol. The van der Waals surface area contributed by atoms with E-state index in [1.54, 1.807) is 6.20 Å². The van der Waals surface area contributed by atoms with E-state index in [4.69, 9.17) is 5.73 Å². The monoisotopic (exact) mass is 251 g/mol. The molecule has 0 aliphatic rings. The summed E-state index contributed by atoms with van der Waals surface area (Å²) in [5, 5.41) is 0. The number of imidazole rings is 1. The van der Waals surface area contributed by atoms with Gasteiger partial charge in [-0.15, -0.1) is 0 Å². The molecule has 1 aromatic rings. The van der Waals surface area contributed by atoms with Gasteiger partial charge in [0, 0.05) is 38.7 Å². The van der Waals surface area contributed by atoms with Crippen molar-refractivity contribution < 1.29 is 4.79 Å². The molecule has 1 atom stereocenters. The minimum absolute atomic E-state index is 0.300. The van der Waals surface area contributed by atoms with Crippen molar-refractivity contribution in [3.8, 4) is 0 Å². The van der Waals surface area contributed by atoms with Gasteiger partial charge in [-0.2, -0.15) is 0 Å². The predicted octanol–water partition coefficient (Wildman–Crippen LogP) is 1.93. The van der Waals surface area contributed by atoms with Crippen LogP contribution in [0.2, 0.25) is 0 Å². The Morgan fingerprint density at radius 3 is 2.72 bits per heavy atom. The molecule has 0 saturated heterocycles. The van der Waals surface area contributed by atoms with Crippen LogP contribution >= 0.6 is 0 Å². The van der Waals surface area contributed by atoms with Crippen molar-refractivity contribution >= 4 is 5.78 Å². The second-order valence-electron chi connectivity index (χ2n) is 5.43. The molecule has 1 aromatic heterocycles. The van der Waals surface area contributed by atoms with E-state index in [-0.39, 0.29) is 0 Å². The SMILES string of the molecule is CC(C)CC(CN)CC(=O)CCc1nccn1C. The van der Waals surface area contributed by atoms with Crippen molar-refractivity contribution in [2.45, 2.75) is 39.5 Å². The van der Waals surface area contributed by atoms with Crippen LogP contribution in [-0.4, -0.2) is 21.9 Å². The van der Waals surface area contributed by atoms with E-state index in [0.717, 1.165) is 18.7 Å². The molecule has 1 heterocycles. The van der Waals surface area contributed by atoms with E-state index >= 15 is 0 Å². The summed E-state index contributed by atoms with van der Waals surface area (Å²) in [5.74, 6) is 2.20. The third-order valence-electron chi connectivity index (χ3n) is 3.20. The molecular weight excluding hydrogens is 226 g/mol. The zero-order valence-electron chi connectivity index (χ0n) is 11.7. The summed E-state index contributed by atoms with van der Waals surface area (Å²) < 4.78 is 1.96. The van der Waals surface area contributed by atoms with Crippen LogP contribution < -0.4 is 5.73 Å². The molecule has 0 aromatic carbocycles. The quantitative estimate of drug-likeness (QED) is 0.768. The lowest BCUT2D eigenvalue weighted by Crippen LogP contribution is -2.20. The van der Waals surface area contributed by atoms with Gasteiger partial charge >= 0.3 is 0 Å². The van der Waals surface area contributed by atoms with E-state index < -0.39 is 0 Å². The van der Waals surface area contributed by atoms with Crippen LogP contribution in [0.5, 0.6) is 0 Å². The number of nitrogens with two attached hydrogens (primary N) is 1. The van der Waals surface area contributed by atoms with Crippen molar-refractivity contribution in [2.75, 3.05) is 6.54 Å². The van der Waals surface area contributed by atoms with Gasteiger partial charge < -0.3 is 10.3 Å². The lowest BCUT2D eigenvalue weighted by molar-refractivity contribution is -0.120. The van der Waals surface area contributed by atoms with Crippen LogP contribution in [0.3, 0.4) is 0 Å². The number of hydrogen-bond donors (Lipinski definition) is 1. The highest BCUT2D eigenvalue weighted by atomic mass is 16.1. The lowest BCUT2D eigenvalue weighted by atomic mass is 9.91. The number of ketones is 1. The minimum Gasteiger partial charge on any atom is -0.338 e. The molecule has 0 fully saturated rings. The molecule has 4 nitrogen and oxygen atoms in total. The Balaban J connectivity index is 2.34. The van der Waals surface area contributed by atoms with Crippen LogP contribution in [0.25, 0.3) is 0 Å². The van der Waals surface area contributed by atoms with Crippen LogP contribution in [0, 0.1) is 11.8 Å². The van der Waals surface area contributed by atoms with Gasteiger partial charge in [-0.25, -0.2) is 4.98 Å². The number of hydrogen-bond acceptors (Lipinski definition) is 3. The first-order valence-electron chi connectivity index (χ1n) is 6.70. The molecule has 0 aliphatic carbocycles. The molecule has 102 valence electrons. The normalized spacial score (nSPS) is 12.9. The van der Waals surface area contributed by atoms with Crippen molar-refractivity contribution in [1.29, 1.82) is 0 Å². The van der Waals surface area contributed by atoms with Gasteiger partial charge in [0.1, 0.15) is 11.6 Å². The Labute approximate surface area is 110 Å². The molecule has 0 aliphatic heterocycles. The van der Waals surface area contributed by atoms with Gasteiger partial charge in [0.2, 0.25) is 0 Å². The van der Waals surface area contributed by atoms with E-state index in [0.29, 0.717) is 37.0 Å². The Bertz CT molecular complexity index is 371. The molecule has 0 saturated carbocycles. The standard InChI is InChI=1S/C14H25N3O/c1-11(2)8-12(10-15)9-13(18)4-5-14-16-6-7-17(14)3/h6-7,11-12H,4-5,8-10,15H2,1-3H3. The average molecular weight is 251 g/mol. The minimum atomic E-state index is 0.300. The molecule has 0 radical (unpaired) electrons. The molecular formula is C14H25N3O. The Morgan fingerprint density at radius 1 is 1.50 bits per heavy atom. The third-order valence-corrected chi connectivity index (χ3v) is 3.20. The van der Waals surface area contributed by atoms with Gasteiger partial charge in [0.25, 0.3) is 0 Å². The number of aryl methyl sites for hydroxylation is 2. The molecule has 0 amide bonds. The lowest BCUT2D eigenvalue weighted by Gasteiger charge is -2.16. The summed E-state index contributed by atoms with van der Waals surface area (Å²) in [7, 11) is 1.95. The van der Waals surface area contributed by atoms with Crippen molar-refractivity contribution in [3.05, 3.63) is 18.2 Å². The Hall–Kier alpha value is -1.16. The zero-order valence-corrected chi connectivity index (χ0v) is 11.7. The maximum absolute atomic E-state index is 11.9. The van der Waals surface area contributed by atoms with Gasteiger partial charge in [-0.05, 0) is 24.8 Å². The maximum Gasteiger partial charge on any atom is 0.133 e. The van der Waals surface area contributed by atoms with Gasteiger partial charge in [0.15, 0.2) is 0 Å². The molecule has 1 rings (SSSR count). The van der Waals surface area contributed by atoms with Crippen LogP contribution in [0.1, 0.15) is 38.9 Å². The van der Waals surface area contributed by atoms with Gasteiger partial charge in [-0.3, -0.25) is 4.79 Å². The average Bonchev–Trinajstić information content (AvgIpc) is 2.70. The molecule has 2 N–H and O–H groups in total. The number of Topliss-reactive ketones (excluding diaryl/α,β-unsaturated/α-hetero) is 1. The fourth-order valence-corrected chi connectivity index (χ4v) is 2.24. The molecule has 0 bridgehead atoms. The van der Waals surface area contributed by atoms with Crippen LogP contribution in [-0.2, 0) is 18.3 Å². The second kappa shape index (κ2) is 7.31. The van der Waals surface area contributed by atoms with E-state index in [2.05, 4.69) is 18.8 Å². The first-order chi connectivity index (χ1) is 8.52. The van der Waals surface area contributed by atoms with Crippen molar-refractivity contribution in [1.82, 2.24) is 9.55 Å². The first-order valence-corrected chi connectivity index (χ1v) is 6.70. The molecule has 18 heavy (non-hydrogen) atoms. The zero-order chi connectivity index (χ0) is 13.5. The number of nitrogens with zero attached hydrogens (tertiary/aromatic N) is 2. The van der Waals surface area contributed by atoms with E-state index in [1.807, 2.05) is 17.8 Å². The molecule has 0 spiro atoms. The number of carbonyl (C=O) groups excluding carboxylic acids is 1. The van der Waals surface area contributed by atoms with E-state index in [9.17, 15) is 4.79 Å². The number of aromatic nitrogens is 2. The van der Waals surface area contributed by atoms with E-state index in [1.165, 1.54) is 0 Å². The topological polar surface area (TPSA) is 60.9 Å². The Kier molecular flexibility index (Phi) is 6.05. The number of carbonyl (C=O) groups is 1. The summed E-state index contributed by atoms with van der Waals surface area (Å²) >= 11 is 0. The van der Waals surface area contributed by atoms with Crippen LogP contribution in [0.4, 0.5) is 0 Å². The molecule has 1 unspecified atom stereocenters. The second-order valence-corrected chi connectivity index (χ2v) is 5.43. The highest BCUT2D eigenvalue weighted by molar-refractivity contribution is 5.78.